The summed E-state index contributed by atoms with van der Waals surface area (Å²) in [5.41, 5.74) is -1.01. The molecule has 0 aromatic heterocycles. The fourth-order valence-electron chi connectivity index (χ4n) is 10.0. The van der Waals surface area contributed by atoms with Crippen molar-refractivity contribution in [2.75, 3.05) is 7.11 Å². The highest BCUT2D eigenvalue weighted by molar-refractivity contribution is 5.91. The van der Waals surface area contributed by atoms with Gasteiger partial charge in [0.15, 0.2) is 5.78 Å². The maximum Gasteiger partial charge on any atom is 0.311 e. The number of carbonyl (C=O) groups is 3. The summed E-state index contributed by atoms with van der Waals surface area (Å²) in [7, 11) is 1.45. The van der Waals surface area contributed by atoms with Crippen molar-refractivity contribution in [1.82, 2.24) is 0 Å². The van der Waals surface area contributed by atoms with Crippen LogP contribution in [-0.2, 0) is 23.9 Å². The van der Waals surface area contributed by atoms with Crippen molar-refractivity contribution in [1.29, 1.82) is 0 Å². The zero-order chi connectivity index (χ0) is 27.8. The Bertz CT molecular complexity index is 1000. The number of methoxy groups -OCH3 is 1. The first-order chi connectivity index (χ1) is 16.9. The van der Waals surface area contributed by atoms with Gasteiger partial charge in [-0.25, -0.2) is 0 Å². The molecule has 4 rings (SSSR count). The predicted octanol–water partition coefficient (Wildman–Crippen LogP) is 5.65. The molecular weight excluding hydrogens is 468 g/mol. The number of esters is 2. The van der Waals surface area contributed by atoms with Gasteiger partial charge in [-0.2, -0.15) is 0 Å². The van der Waals surface area contributed by atoms with Gasteiger partial charge in [0.2, 0.25) is 0 Å². The van der Waals surface area contributed by atoms with Gasteiger partial charge in [0.1, 0.15) is 6.10 Å². The van der Waals surface area contributed by atoms with Crippen LogP contribution in [0.4, 0.5) is 0 Å². The molecule has 37 heavy (non-hydrogen) atoms. The maximum absolute atomic E-state index is 13.1. The van der Waals surface area contributed by atoms with Gasteiger partial charge in [0.25, 0.3) is 0 Å². The largest absolute Gasteiger partial charge is 0.469 e. The molecule has 0 spiro atoms. The second-order valence-electron chi connectivity index (χ2n) is 14.7. The summed E-state index contributed by atoms with van der Waals surface area (Å²) in [5, 5.41) is 10.1. The van der Waals surface area contributed by atoms with Crippen LogP contribution in [0.15, 0.2) is 11.6 Å². The fraction of sp³-hybridized carbons (Fsp3) is 0.839. The Hall–Kier alpha value is -1.69. The van der Waals surface area contributed by atoms with E-state index in [0.717, 1.165) is 37.7 Å². The minimum atomic E-state index is -1.03. The lowest BCUT2D eigenvalue weighted by Crippen LogP contribution is -2.68. The second kappa shape index (κ2) is 8.93. The van der Waals surface area contributed by atoms with E-state index >= 15 is 0 Å². The first kappa shape index (κ1) is 28.3. The van der Waals surface area contributed by atoms with Crippen LogP contribution in [-0.4, -0.2) is 41.6 Å². The number of rotatable bonds is 6. The normalized spacial score (nSPS) is 41.9. The molecule has 4 aliphatic rings. The van der Waals surface area contributed by atoms with E-state index in [0.29, 0.717) is 12.3 Å². The molecule has 8 atom stereocenters. The Balaban J connectivity index is 1.72. The number of ether oxygens (including phenoxy) is 2. The Morgan fingerprint density at radius 2 is 1.73 bits per heavy atom. The standard InChI is InChI=1S/C31H48O6/c1-18(14-19(32)16-27(2,3)35)20-10-12-30(7)21(20)15-22-25-29(6,17-24(33)37-22)23(11-13-31(25,30)8)28(4,5)26(34)36-9/h14,20-23,25,35H,10-13,15-17H2,1-9H3/b18-14-/t20-,21-,22-,23+,25-,29+,30-,31-/m1/s1. The van der Waals surface area contributed by atoms with Crippen LogP contribution in [0.1, 0.15) is 100 Å². The van der Waals surface area contributed by atoms with E-state index in [1.807, 2.05) is 13.8 Å². The number of hydrogen-bond donors (Lipinski definition) is 1. The van der Waals surface area contributed by atoms with Crippen molar-refractivity contribution >= 4 is 17.7 Å². The molecule has 6 nitrogen and oxygen atoms in total. The Labute approximate surface area is 222 Å². The maximum atomic E-state index is 13.1. The third kappa shape index (κ3) is 4.30. The molecule has 4 fully saturated rings. The smallest absolute Gasteiger partial charge is 0.311 e. The summed E-state index contributed by atoms with van der Waals surface area (Å²) in [6.07, 6.45) is 6.72. The first-order valence-electron chi connectivity index (χ1n) is 14.1. The Morgan fingerprint density at radius 1 is 1.11 bits per heavy atom. The van der Waals surface area contributed by atoms with Crippen LogP contribution >= 0.6 is 0 Å². The highest BCUT2D eigenvalue weighted by Crippen LogP contribution is 2.75. The average Bonchev–Trinajstić information content (AvgIpc) is 3.09. The lowest BCUT2D eigenvalue weighted by Gasteiger charge is -2.70. The van der Waals surface area contributed by atoms with Gasteiger partial charge in [0.05, 0.1) is 24.5 Å². The Kier molecular flexibility index (Phi) is 6.83. The van der Waals surface area contributed by atoms with Crippen LogP contribution in [0.25, 0.3) is 0 Å². The molecule has 1 saturated heterocycles. The summed E-state index contributed by atoms with van der Waals surface area (Å²) in [6, 6.07) is 0. The summed E-state index contributed by atoms with van der Waals surface area (Å²) in [5.74, 6) is 0.344. The molecule has 3 saturated carbocycles. The lowest BCUT2D eigenvalue weighted by atomic mass is 9.36. The van der Waals surface area contributed by atoms with Gasteiger partial charge in [-0.05, 0) is 107 Å². The molecule has 0 aromatic rings. The van der Waals surface area contributed by atoms with E-state index in [4.69, 9.17) is 9.47 Å². The highest BCUT2D eigenvalue weighted by Gasteiger charge is 2.72. The quantitative estimate of drug-likeness (QED) is 0.362. The van der Waals surface area contributed by atoms with E-state index in [1.165, 1.54) is 7.11 Å². The number of aliphatic hydroxyl groups is 1. The SMILES string of the molecule is COC(=O)C(C)(C)[C@@H]1CC[C@]2(C)[C@@H]3[C@@H](C[C@@H]4[C@@H](/C(C)=C\C(=O)CC(C)(C)O)CC[C@]42C)OC(=O)C[C@]31C. The Morgan fingerprint density at radius 3 is 2.32 bits per heavy atom. The number of carbonyl (C=O) groups excluding carboxylic acids is 3. The van der Waals surface area contributed by atoms with Gasteiger partial charge in [-0.1, -0.05) is 26.3 Å². The van der Waals surface area contributed by atoms with Crippen molar-refractivity contribution in [2.45, 2.75) is 112 Å². The van der Waals surface area contributed by atoms with E-state index in [2.05, 4.69) is 27.7 Å². The first-order valence-corrected chi connectivity index (χ1v) is 14.1. The molecule has 0 amide bonds. The zero-order valence-corrected chi connectivity index (χ0v) is 24.4. The summed E-state index contributed by atoms with van der Waals surface area (Å²) >= 11 is 0. The number of ketones is 1. The monoisotopic (exact) mass is 516 g/mol. The fourth-order valence-corrected chi connectivity index (χ4v) is 10.0. The van der Waals surface area contributed by atoms with Crippen LogP contribution in [0, 0.1) is 45.3 Å². The van der Waals surface area contributed by atoms with E-state index in [1.54, 1.807) is 19.9 Å². The summed E-state index contributed by atoms with van der Waals surface area (Å²) in [6.45, 7) is 16.4. The molecule has 1 N–H and O–H groups in total. The average molecular weight is 517 g/mol. The van der Waals surface area contributed by atoms with Gasteiger partial charge in [0, 0.05) is 12.3 Å². The third-order valence-corrected chi connectivity index (χ3v) is 11.6. The molecule has 208 valence electrons. The van der Waals surface area contributed by atoms with Gasteiger partial charge in [-0.3, -0.25) is 14.4 Å². The highest BCUT2D eigenvalue weighted by atomic mass is 16.5. The second-order valence-corrected chi connectivity index (χ2v) is 14.7. The van der Waals surface area contributed by atoms with Gasteiger partial charge in [-0.15, -0.1) is 0 Å². The molecule has 1 heterocycles. The number of fused-ring (bicyclic) bond motifs is 2. The van der Waals surface area contributed by atoms with Crippen LogP contribution in [0.3, 0.4) is 0 Å². The van der Waals surface area contributed by atoms with Crippen molar-refractivity contribution in [3.8, 4) is 0 Å². The minimum Gasteiger partial charge on any atom is -0.469 e. The van der Waals surface area contributed by atoms with Crippen LogP contribution in [0.5, 0.6) is 0 Å². The molecule has 0 unspecified atom stereocenters. The summed E-state index contributed by atoms with van der Waals surface area (Å²) in [4.78, 5) is 38.7. The third-order valence-electron chi connectivity index (χ3n) is 11.6. The van der Waals surface area contributed by atoms with Gasteiger partial charge >= 0.3 is 11.9 Å². The molecule has 3 aliphatic carbocycles. The van der Waals surface area contributed by atoms with E-state index in [-0.39, 0.29) is 64.2 Å². The predicted molar refractivity (Wildman–Crippen MR) is 141 cm³/mol. The summed E-state index contributed by atoms with van der Waals surface area (Å²) < 4.78 is 11.4. The van der Waals surface area contributed by atoms with Gasteiger partial charge < -0.3 is 14.6 Å². The zero-order valence-electron chi connectivity index (χ0n) is 24.4. The van der Waals surface area contributed by atoms with E-state index < -0.39 is 11.0 Å². The minimum absolute atomic E-state index is 0.0271. The van der Waals surface area contributed by atoms with Crippen molar-refractivity contribution in [3.05, 3.63) is 11.6 Å². The van der Waals surface area contributed by atoms with Crippen molar-refractivity contribution < 1.29 is 29.0 Å². The van der Waals surface area contributed by atoms with Crippen molar-refractivity contribution in [2.24, 2.45) is 45.3 Å². The number of hydrogen-bond acceptors (Lipinski definition) is 6. The molecular formula is C31H48O6. The number of allylic oxidation sites excluding steroid dienone is 2. The molecule has 0 radical (unpaired) electrons. The molecule has 0 aromatic carbocycles. The van der Waals surface area contributed by atoms with Crippen LogP contribution in [0.2, 0.25) is 0 Å². The molecule has 6 heteroatoms. The van der Waals surface area contributed by atoms with Crippen molar-refractivity contribution in [3.63, 3.8) is 0 Å². The molecule has 0 bridgehead atoms. The molecule has 1 aliphatic heterocycles. The van der Waals surface area contributed by atoms with Crippen LogP contribution < -0.4 is 0 Å². The lowest BCUT2D eigenvalue weighted by molar-refractivity contribution is -0.259. The van der Waals surface area contributed by atoms with E-state index in [9.17, 15) is 19.5 Å². The topological polar surface area (TPSA) is 89.9 Å².